The molecule has 4 atom stereocenters. The highest BCUT2D eigenvalue weighted by atomic mass is 16.6. The number of fused-ring (bicyclic) bond motifs is 12. The Kier molecular flexibility index (Phi) is 13.0. The van der Waals surface area contributed by atoms with Gasteiger partial charge in [0.25, 0.3) is 0 Å². The number of hydrogen-bond donors (Lipinski definition) is 6. The standard InChI is InChI=1S/C32H45N5O7/c1-32(2,3)44-31(42)37-25(18-21-8-5-4-6-9-21)27(38)20-35-26-19-22-10-12-23(13-11-22)43-17-7-16-34-29(40)24(36-30(26)41)14-15-28(33)39/h4-6,8-13,24-27,35,38H,7,14-20H2,1-3H3,(H2,33,39)(H,34,40)(H,36,41)(H,37,42)/t24-,25-,26-,27+/m0/s1. The van der Waals surface area contributed by atoms with Crippen molar-refractivity contribution < 1.29 is 33.8 Å². The van der Waals surface area contributed by atoms with Crippen molar-refractivity contribution in [3.8, 4) is 5.75 Å². The summed E-state index contributed by atoms with van der Waals surface area (Å²) in [5.74, 6) is -0.847. The third-order valence-corrected chi connectivity index (χ3v) is 6.92. The number of carbonyl (C=O) groups is 4. The fourth-order valence-corrected chi connectivity index (χ4v) is 4.66. The first kappa shape index (κ1) is 34.3. The highest BCUT2D eigenvalue weighted by Gasteiger charge is 2.29. The SMILES string of the molecule is CC(C)(C)OC(=O)N[C@@H](Cc1ccccc1)[C@H](O)CN[C@H]1Cc2ccc(cc2)OCCCNC(=O)[C@H](CCC(N)=O)NC1=O. The number of nitrogens with two attached hydrogens (primary N) is 1. The van der Waals surface area contributed by atoms with Gasteiger partial charge in [-0.3, -0.25) is 14.4 Å². The molecular formula is C32H45N5O7. The van der Waals surface area contributed by atoms with Gasteiger partial charge in [0, 0.05) is 19.5 Å². The van der Waals surface area contributed by atoms with Crippen LogP contribution in [0.15, 0.2) is 54.6 Å². The number of aliphatic hydroxyl groups is 1. The van der Waals surface area contributed by atoms with Crippen molar-refractivity contribution in [1.29, 1.82) is 0 Å². The highest BCUT2D eigenvalue weighted by molar-refractivity contribution is 5.90. The lowest BCUT2D eigenvalue weighted by Gasteiger charge is -2.29. The molecule has 44 heavy (non-hydrogen) atoms. The molecule has 0 fully saturated rings. The predicted molar refractivity (Wildman–Crippen MR) is 165 cm³/mol. The van der Waals surface area contributed by atoms with Crippen molar-refractivity contribution in [2.75, 3.05) is 19.7 Å². The summed E-state index contributed by atoms with van der Waals surface area (Å²) in [6.07, 6.45) is -0.745. The number of aliphatic hydroxyl groups excluding tert-OH is 1. The van der Waals surface area contributed by atoms with E-state index in [1.54, 1.807) is 20.8 Å². The molecule has 0 aromatic heterocycles. The molecular weight excluding hydrogens is 566 g/mol. The van der Waals surface area contributed by atoms with Crippen LogP contribution in [0.4, 0.5) is 4.79 Å². The van der Waals surface area contributed by atoms with E-state index >= 15 is 0 Å². The van der Waals surface area contributed by atoms with Gasteiger partial charge >= 0.3 is 6.09 Å². The van der Waals surface area contributed by atoms with Crippen molar-refractivity contribution in [3.05, 3.63) is 65.7 Å². The third-order valence-electron chi connectivity index (χ3n) is 6.92. The van der Waals surface area contributed by atoms with Gasteiger partial charge in [0.05, 0.1) is 24.8 Å². The summed E-state index contributed by atoms with van der Waals surface area (Å²) < 4.78 is 11.2. The minimum absolute atomic E-state index is 0.0337. The Morgan fingerprint density at radius 3 is 2.45 bits per heavy atom. The summed E-state index contributed by atoms with van der Waals surface area (Å²) in [5, 5.41) is 22.7. The lowest BCUT2D eigenvalue weighted by molar-refractivity contribution is -0.130. The number of rotatable bonds is 10. The van der Waals surface area contributed by atoms with Crippen molar-refractivity contribution >= 4 is 23.8 Å². The first-order valence-electron chi connectivity index (χ1n) is 14.9. The topological polar surface area (TPSA) is 181 Å². The highest BCUT2D eigenvalue weighted by Crippen LogP contribution is 2.15. The van der Waals surface area contributed by atoms with Crippen molar-refractivity contribution in [1.82, 2.24) is 21.3 Å². The maximum absolute atomic E-state index is 13.6. The zero-order valence-electron chi connectivity index (χ0n) is 25.6. The molecule has 2 heterocycles. The van der Waals surface area contributed by atoms with Crippen LogP contribution >= 0.6 is 0 Å². The van der Waals surface area contributed by atoms with Crippen LogP contribution in [0, 0.1) is 0 Å². The normalized spacial score (nSPS) is 19.3. The van der Waals surface area contributed by atoms with E-state index in [2.05, 4.69) is 21.3 Å². The number of carbonyl (C=O) groups excluding carboxylic acids is 4. The van der Waals surface area contributed by atoms with Gasteiger partial charge in [0.15, 0.2) is 0 Å². The van der Waals surface area contributed by atoms with E-state index in [-0.39, 0.29) is 25.8 Å². The monoisotopic (exact) mass is 611 g/mol. The van der Waals surface area contributed by atoms with Gasteiger partial charge in [0.1, 0.15) is 17.4 Å². The number of amides is 4. The van der Waals surface area contributed by atoms with Gasteiger partial charge in [-0.2, -0.15) is 0 Å². The number of primary amides is 1. The second-order valence-electron chi connectivity index (χ2n) is 11.9. The van der Waals surface area contributed by atoms with Crippen LogP contribution in [0.5, 0.6) is 5.75 Å². The molecule has 0 saturated carbocycles. The lowest BCUT2D eigenvalue weighted by atomic mass is 10.00. The molecule has 0 radical (unpaired) electrons. The summed E-state index contributed by atoms with van der Waals surface area (Å²) >= 11 is 0. The van der Waals surface area contributed by atoms with Crippen molar-refractivity contribution in [2.24, 2.45) is 5.73 Å². The molecule has 0 spiro atoms. The van der Waals surface area contributed by atoms with E-state index in [0.29, 0.717) is 31.7 Å². The first-order valence-corrected chi connectivity index (χ1v) is 14.9. The van der Waals surface area contributed by atoms with Crippen LogP contribution in [0.2, 0.25) is 0 Å². The summed E-state index contributed by atoms with van der Waals surface area (Å²) in [6, 6.07) is 14.1. The molecule has 2 aromatic carbocycles. The summed E-state index contributed by atoms with van der Waals surface area (Å²) in [7, 11) is 0. The van der Waals surface area contributed by atoms with Gasteiger partial charge in [-0.25, -0.2) is 4.79 Å². The maximum atomic E-state index is 13.6. The minimum atomic E-state index is -1.11. The summed E-state index contributed by atoms with van der Waals surface area (Å²) in [4.78, 5) is 50.6. The molecule has 12 heteroatoms. The molecule has 2 aliphatic heterocycles. The van der Waals surface area contributed by atoms with E-state index in [0.717, 1.165) is 11.1 Å². The zero-order chi connectivity index (χ0) is 32.1. The van der Waals surface area contributed by atoms with Gasteiger partial charge in [-0.1, -0.05) is 42.5 Å². The molecule has 12 nitrogen and oxygen atoms in total. The average Bonchev–Trinajstić information content (AvgIpc) is 2.96. The van der Waals surface area contributed by atoms with Crippen molar-refractivity contribution in [3.63, 3.8) is 0 Å². The Labute approximate surface area is 258 Å². The van der Waals surface area contributed by atoms with E-state index in [4.69, 9.17) is 15.2 Å². The lowest BCUT2D eigenvalue weighted by Crippen LogP contribution is -2.56. The van der Waals surface area contributed by atoms with E-state index in [9.17, 15) is 24.3 Å². The van der Waals surface area contributed by atoms with Crippen LogP contribution in [0.3, 0.4) is 0 Å². The second kappa shape index (κ2) is 16.6. The van der Waals surface area contributed by atoms with Crippen LogP contribution < -0.4 is 31.7 Å². The van der Waals surface area contributed by atoms with Gasteiger partial charge in [-0.15, -0.1) is 0 Å². The summed E-state index contributed by atoms with van der Waals surface area (Å²) in [5.41, 5.74) is 6.30. The first-order chi connectivity index (χ1) is 20.9. The van der Waals surface area contributed by atoms with Crippen LogP contribution in [0.25, 0.3) is 0 Å². The predicted octanol–water partition coefficient (Wildman–Crippen LogP) is 1.33. The molecule has 4 rings (SSSR count). The molecule has 2 bridgehead atoms. The second-order valence-corrected chi connectivity index (χ2v) is 11.9. The van der Waals surface area contributed by atoms with Gasteiger partial charge in [0.2, 0.25) is 17.7 Å². The smallest absolute Gasteiger partial charge is 0.407 e. The molecule has 0 aliphatic carbocycles. The molecule has 4 amide bonds. The quantitative estimate of drug-likeness (QED) is 0.233. The molecule has 0 saturated heterocycles. The third kappa shape index (κ3) is 12.2. The number of benzene rings is 2. The van der Waals surface area contributed by atoms with Crippen molar-refractivity contribution in [2.45, 2.75) is 82.7 Å². The maximum Gasteiger partial charge on any atom is 0.407 e. The number of nitrogens with one attached hydrogen (secondary N) is 4. The molecule has 7 N–H and O–H groups in total. The zero-order valence-corrected chi connectivity index (χ0v) is 25.6. The Bertz CT molecular complexity index is 1230. The Morgan fingerprint density at radius 2 is 1.80 bits per heavy atom. The minimum Gasteiger partial charge on any atom is -0.494 e. The molecule has 2 aromatic rings. The fourth-order valence-electron chi connectivity index (χ4n) is 4.66. The van der Waals surface area contributed by atoms with Gasteiger partial charge < -0.3 is 41.6 Å². The van der Waals surface area contributed by atoms with Crippen LogP contribution in [0.1, 0.15) is 51.2 Å². The van der Waals surface area contributed by atoms with E-state index < -0.39 is 53.6 Å². The average molecular weight is 612 g/mol. The molecule has 240 valence electrons. The Morgan fingerprint density at radius 1 is 1.09 bits per heavy atom. The fraction of sp³-hybridized carbons (Fsp3) is 0.500. The number of alkyl carbamates (subject to hydrolysis) is 1. The van der Waals surface area contributed by atoms with Gasteiger partial charge in [-0.05, 0) is 69.7 Å². The van der Waals surface area contributed by atoms with E-state index in [1.807, 2.05) is 54.6 Å². The Hall–Kier alpha value is -4.16. The van der Waals surface area contributed by atoms with E-state index in [1.165, 1.54) is 0 Å². The Balaban J connectivity index is 1.80. The number of ether oxygens (including phenoxy) is 2. The summed E-state index contributed by atoms with van der Waals surface area (Å²) in [6.45, 7) is 5.90. The largest absolute Gasteiger partial charge is 0.494 e. The number of hydrogen-bond acceptors (Lipinski definition) is 8. The molecule has 2 aliphatic rings. The van der Waals surface area contributed by atoms with Crippen LogP contribution in [-0.2, 0) is 32.0 Å². The van der Waals surface area contributed by atoms with Crippen LogP contribution in [-0.4, -0.2) is 78.4 Å². The molecule has 0 unspecified atom stereocenters.